The van der Waals surface area contributed by atoms with Crippen molar-refractivity contribution in [3.8, 4) is 0 Å². The number of rotatable bonds is 3. The second kappa shape index (κ2) is 6.63. The summed E-state index contributed by atoms with van der Waals surface area (Å²) in [5.41, 5.74) is 5.37. The number of hydrogen-bond acceptors (Lipinski definition) is 2. The first-order valence-electron chi connectivity index (χ1n) is 4.39. The summed E-state index contributed by atoms with van der Waals surface area (Å²) in [4.78, 5) is 2.29. The van der Waals surface area contributed by atoms with Crippen molar-refractivity contribution in [3.63, 3.8) is 0 Å². The highest BCUT2D eigenvalue weighted by molar-refractivity contribution is 5.85. The lowest BCUT2D eigenvalue weighted by atomic mass is 10.1. The van der Waals surface area contributed by atoms with E-state index in [1.807, 2.05) is 0 Å². The molecule has 0 atom stereocenters. The Labute approximate surface area is 79.7 Å². The van der Waals surface area contributed by atoms with Gasteiger partial charge in [-0.2, -0.15) is 0 Å². The number of piperidine rings is 1. The molecule has 1 saturated heterocycles. The standard InChI is InChI=1S/C8H17FN2.ClH/c9-8-2-6-11(7-3-8)5-1-4-10;/h8H,1-7,10H2;1H. The van der Waals surface area contributed by atoms with Crippen LogP contribution in [0.4, 0.5) is 4.39 Å². The molecule has 4 heteroatoms. The lowest BCUT2D eigenvalue weighted by Gasteiger charge is -2.28. The molecular formula is C8H18ClFN2. The summed E-state index contributed by atoms with van der Waals surface area (Å²) in [5, 5.41) is 0. The lowest BCUT2D eigenvalue weighted by Crippen LogP contribution is -2.35. The van der Waals surface area contributed by atoms with E-state index in [4.69, 9.17) is 5.73 Å². The van der Waals surface area contributed by atoms with Gasteiger partial charge in [-0.05, 0) is 32.4 Å². The van der Waals surface area contributed by atoms with Gasteiger partial charge < -0.3 is 10.6 Å². The third kappa shape index (κ3) is 4.24. The fraction of sp³-hybridized carbons (Fsp3) is 1.00. The molecule has 0 unspecified atom stereocenters. The zero-order valence-corrected chi connectivity index (χ0v) is 8.15. The SMILES string of the molecule is Cl.NCCCN1CCC(F)CC1. The molecule has 0 aromatic rings. The predicted molar refractivity (Wildman–Crippen MR) is 51.5 cm³/mol. The van der Waals surface area contributed by atoms with Crippen molar-refractivity contribution in [2.24, 2.45) is 5.73 Å². The minimum atomic E-state index is -0.552. The molecule has 1 fully saturated rings. The van der Waals surface area contributed by atoms with Crippen molar-refractivity contribution in [2.75, 3.05) is 26.2 Å². The third-order valence-electron chi connectivity index (χ3n) is 2.20. The summed E-state index contributed by atoms with van der Waals surface area (Å²) in [5.74, 6) is 0. The van der Waals surface area contributed by atoms with E-state index in [1.165, 1.54) is 0 Å². The topological polar surface area (TPSA) is 29.3 Å². The number of hydrogen-bond donors (Lipinski definition) is 1. The maximum absolute atomic E-state index is 12.6. The maximum Gasteiger partial charge on any atom is 0.103 e. The van der Waals surface area contributed by atoms with Crippen molar-refractivity contribution in [1.29, 1.82) is 0 Å². The molecule has 74 valence electrons. The first-order valence-corrected chi connectivity index (χ1v) is 4.39. The maximum atomic E-state index is 12.6. The van der Waals surface area contributed by atoms with Gasteiger partial charge in [-0.15, -0.1) is 12.4 Å². The molecular weight excluding hydrogens is 179 g/mol. The minimum absolute atomic E-state index is 0. The second-order valence-corrected chi connectivity index (χ2v) is 3.16. The van der Waals surface area contributed by atoms with E-state index >= 15 is 0 Å². The Morgan fingerprint density at radius 2 is 1.92 bits per heavy atom. The number of nitrogens with two attached hydrogens (primary N) is 1. The number of nitrogens with zero attached hydrogens (tertiary/aromatic N) is 1. The van der Waals surface area contributed by atoms with Gasteiger partial charge in [0.1, 0.15) is 6.17 Å². The molecule has 0 spiro atoms. The van der Waals surface area contributed by atoms with Crippen molar-refractivity contribution in [1.82, 2.24) is 4.90 Å². The first-order chi connectivity index (χ1) is 5.33. The van der Waals surface area contributed by atoms with Crippen LogP contribution in [-0.2, 0) is 0 Å². The molecule has 0 aliphatic carbocycles. The van der Waals surface area contributed by atoms with E-state index in [2.05, 4.69) is 4.90 Å². The van der Waals surface area contributed by atoms with Crippen molar-refractivity contribution in [2.45, 2.75) is 25.4 Å². The van der Waals surface area contributed by atoms with Crippen LogP contribution in [0.25, 0.3) is 0 Å². The van der Waals surface area contributed by atoms with Crippen LogP contribution in [0.15, 0.2) is 0 Å². The molecule has 0 amide bonds. The summed E-state index contributed by atoms with van der Waals surface area (Å²) in [6.45, 7) is 3.63. The Kier molecular flexibility index (Phi) is 6.71. The molecule has 12 heavy (non-hydrogen) atoms. The molecule has 0 bridgehead atoms. The Balaban J connectivity index is 0.00000121. The van der Waals surface area contributed by atoms with Gasteiger partial charge in [0.15, 0.2) is 0 Å². The summed E-state index contributed by atoms with van der Waals surface area (Å²) in [7, 11) is 0. The minimum Gasteiger partial charge on any atom is -0.330 e. The molecule has 1 aliphatic heterocycles. The first kappa shape index (κ1) is 12.1. The van der Waals surface area contributed by atoms with E-state index < -0.39 is 6.17 Å². The van der Waals surface area contributed by atoms with Gasteiger partial charge in [-0.1, -0.05) is 0 Å². The average Bonchev–Trinajstić information content (AvgIpc) is 2.04. The average molecular weight is 197 g/mol. The summed E-state index contributed by atoms with van der Waals surface area (Å²) >= 11 is 0. The molecule has 1 aliphatic rings. The fourth-order valence-corrected chi connectivity index (χ4v) is 1.44. The van der Waals surface area contributed by atoms with Crippen molar-refractivity contribution >= 4 is 12.4 Å². The monoisotopic (exact) mass is 196 g/mol. The Bertz CT molecular complexity index is 102. The van der Waals surface area contributed by atoms with E-state index in [9.17, 15) is 4.39 Å². The molecule has 2 N–H and O–H groups in total. The molecule has 0 radical (unpaired) electrons. The quantitative estimate of drug-likeness (QED) is 0.735. The Morgan fingerprint density at radius 3 is 2.42 bits per heavy atom. The van der Waals surface area contributed by atoms with Crippen LogP contribution in [0.1, 0.15) is 19.3 Å². The number of halogens is 2. The van der Waals surface area contributed by atoms with Crippen LogP contribution < -0.4 is 5.73 Å². The van der Waals surface area contributed by atoms with Gasteiger partial charge >= 0.3 is 0 Å². The van der Waals surface area contributed by atoms with Gasteiger partial charge in [-0.25, -0.2) is 4.39 Å². The van der Waals surface area contributed by atoms with Crippen LogP contribution in [0.2, 0.25) is 0 Å². The van der Waals surface area contributed by atoms with Gasteiger partial charge in [0, 0.05) is 13.1 Å². The summed E-state index contributed by atoms with van der Waals surface area (Å²) in [6, 6.07) is 0. The highest BCUT2D eigenvalue weighted by Gasteiger charge is 2.16. The third-order valence-corrected chi connectivity index (χ3v) is 2.20. The van der Waals surface area contributed by atoms with Gasteiger partial charge in [0.25, 0.3) is 0 Å². The molecule has 1 rings (SSSR count). The van der Waals surface area contributed by atoms with Crippen molar-refractivity contribution < 1.29 is 4.39 Å². The molecule has 1 heterocycles. The fourth-order valence-electron chi connectivity index (χ4n) is 1.44. The van der Waals surface area contributed by atoms with Gasteiger partial charge in [-0.3, -0.25) is 0 Å². The van der Waals surface area contributed by atoms with E-state index in [1.54, 1.807) is 0 Å². The summed E-state index contributed by atoms with van der Waals surface area (Å²) < 4.78 is 12.6. The molecule has 0 aromatic carbocycles. The van der Waals surface area contributed by atoms with Crippen LogP contribution in [0, 0.1) is 0 Å². The zero-order valence-electron chi connectivity index (χ0n) is 7.34. The van der Waals surface area contributed by atoms with E-state index in [0.717, 1.165) is 32.6 Å². The van der Waals surface area contributed by atoms with Crippen LogP contribution in [0.5, 0.6) is 0 Å². The normalized spacial score (nSPS) is 20.5. The summed E-state index contributed by atoms with van der Waals surface area (Å²) in [6.07, 6.45) is 1.91. The zero-order chi connectivity index (χ0) is 8.10. The highest BCUT2D eigenvalue weighted by Crippen LogP contribution is 2.12. The number of likely N-dealkylation sites (tertiary alicyclic amines) is 1. The molecule has 0 saturated carbocycles. The largest absolute Gasteiger partial charge is 0.330 e. The molecule has 2 nitrogen and oxygen atoms in total. The molecule has 0 aromatic heterocycles. The second-order valence-electron chi connectivity index (χ2n) is 3.16. The van der Waals surface area contributed by atoms with Crippen molar-refractivity contribution in [3.05, 3.63) is 0 Å². The van der Waals surface area contributed by atoms with E-state index in [0.29, 0.717) is 12.8 Å². The highest BCUT2D eigenvalue weighted by atomic mass is 35.5. The number of alkyl halides is 1. The Morgan fingerprint density at radius 1 is 1.33 bits per heavy atom. The lowest BCUT2D eigenvalue weighted by molar-refractivity contribution is 0.150. The van der Waals surface area contributed by atoms with Crippen LogP contribution >= 0.6 is 12.4 Å². The van der Waals surface area contributed by atoms with Crippen LogP contribution in [-0.4, -0.2) is 37.3 Å². The van der Waals surface area contributed by atoms with E-state index in [-0.39, 0.29) is 12.4 Å². The van der Waals surface area contributed by atoms with Gasteiger partial charge in [0.2, 0.25) is 0 Å². The smallest absolute Gasteiger partial charge is 0.103 e. The van der Waals surface area contributed by atoms with Gasteiger partial charge in [0.05, 0.1) is 0 Å². The van der Waals surface area contributed by atoms with Crippen LogP contribution in [0.3, 0.4) is 0 Å². The predicted octanol–water partition coefficient (Wildman–Crippen LogP) is 1.19. The Hall–Kier alpha value is 0.140.